The fourth-order valence-corrected chi connectivity index (χ4v) is 2.76. The zero-order valence-corrected chi connectivity index (χ0v) is 11.8. The van der Waals surface area contributed by atoms with E-state index < -0.39 is 0 Å². The predicted octanol–water partition coefficient (Wildman–Crippen LogP) is 4.11. The van der Waals surface area contributed by atoms with Gasteiger partial charge in [-0.15, -0.1) is 11.3 Å². The third-order valence-electron chi connectivity index (χ3n) is 2.36. The van der Waals surface area contributed by atoms with E-state index in [4.69, 9.17) is 0 Å². The van der Waals surface area contributed by atoms with Gasteiger partial charge in [-0.3, -0.25) is 4.79 Å². The summed E-state index contributed by atoms with van der Waals surface area (Å²) in [6, 6.07) is 9.75. The second kappa shape index (κ2) is 5.47. The van der Waals surface area contributed by atoms with Gasteiger partial charge in [0.2, 0.25) is 0 Å². The van der Waals surface area contributed by atoms with Crippen molar-refractivity contribution < 1.29 is 4.79 Å². The fraction of sp³-hybridized carbons (Fsp3) is 0.154. The van der Waals surface area contributed by atoms with Crippen LogP contribution in [0.1, 0.15) is 15.2 Å². The van der Waals surface area contributed by atoms with Gasteiger partial charge in [-0.25, -0.2) is 0 Å². The first-order chi connectivity index (χ1) is 8.16. The van der Waals surface area contributed by atoms with Crippen molar-refractivity contribution in [2.75, 3.05) is 11.9 Å². The van der Waals surface area contributed by atoms with Crippen molar-refractivity contribution in [3.63, 3.8) is 0 Å². The molecule has 1 heterocycles. The molecule has 0 bridgehead atoms. The van der Waals surface area contributed by atoms with Crippen molar-refractivity contribution in [3.8, 4) is 0 Å². The van der Waals surface area contributed by atoms with Crippen molar-refractivity contribution in [1.29, 1.82) is 0 Å². The van der Waals surface area contributed by atoms with E-state index in [2.05, 4.69) is 21.2 Å². The molecule has 2 aromatic rings. The maximum absolute atomic E-state index is 11.8. The van der Waals surface area contributed by atoms with E-state index in [1.54, 1.807) is 0 Å². The molecule has 2 rings (SSSR count). The van der Waals surface area contributed by atoms with Crippen LogP contribution in [0.4, 0.5) is 5.69 Å². The van der Waals surface area contributed by atoms with Gasteiger partial charge in [-0.2, -0.15) is 0 Å². The second-order valence-electron chi connectivity index (χ2n) is 3.74. The lowest BCUT2D eigenvalue weighted by atomic mass is 10.2. The number of ketones is 1. The van der Waals surface area contributed by atoms with Crippen LogP contribution in [0.2, 0.25) is 0 Å². The molecule has 88 valence electrons. The quantitative estimate of drug-likeness (QED) is 0.861. The van der Waals surface area contributed by atoms with E-state index in [9.17, 15) is 4.79 Å². The Morgan fingerprint density at radius 1 is 1.41 bits per heavy atom. The van der Waals surface area contributed by atoms with E-state index >= 15 is 0 Å². The molecular formula is C13H12BrNOS. The highest BCUT2D eigenvalue weighted by atomic mass is 79.9. The first-order valence-corrected chi connectivity index (χ1v) is 6.91. The highest BCUT2D eigenvalue weighted by Gasteiger charge is 2.07. The van der Waals surface area contributed by atoms with Gasteiger partial charge in [-0.1, -0.05) is 12.1 Å². The Morgan fingerprint density at radius 3 is 2.88 bits per heavy atom. The van der Waals surface area contributed by atoms with Crippen LogP contribution in [-0.2, 0) is 0 Å². The van der Waals surface area contributed by atoms with Gasteiger partial charge in [0.15, 0.2) is 5.78 Å². The number of rotatable bonds is 4. The molecule has 0 saturated carbocycles. The largest absolute Gasteiger partial charge is 0.377 e. The van der Waals surface area contributed by atoms with Crippen LogP contribution in [0.25, 0.3) is 0 Å². The Hall–Kier alpha value is -1.13. The van der Waals surface area contributed by atoms with E-state index in [-0.39, 0.29) is 5.78 Å². The fourth-order valence-electron chi connectivity index (χ4n) is 1.46. The predicted molar refractivity (Wildman–Crippen MR) is 76.0 cm³/mol. The molecule has 0 aliphatic heterocycles. The molecule has 0 spiro atoms. The SMILES string of the molecule is Cc1ccc(NCC(=O)c2cccs2)c(Br)c1. The standard InChI is InChI=1S/C13H12BrNOS/c1-9-4-5-11(10(14)7-9)15-8-12(16)13-3-2-6-17-13/h2-7,15H,8H2,1H3. The van der Waals surface area contributed by atoms with Gasteiger partial charge in [0.25, 0.3) is 0 Å². The minimum absolute atomic E-state index is 0.118. The minimum Gasteiger partial charge on any atom is -0.377 e. The molecule has 0 aliphatic rings. The normalized spacial score (nSPS) is 10.2. The summed E-state index contributed by atoms with van der Waals surface area (Å²) in [7, 11) is 0. The van der Waals surface area contributed by atoms with Crippen LogP contribution in [0.3, 0.4) is 0 Å². The summed E-state index contributed by atoms with van der Waals surface area (Å²) in [5.41, 5.74) is 2.13. The highest BCUT2D eigenvalue weighted by molar-refractivity contribution is 9.10. The van der Waals surface area contributed by atoms with Crippen molar-refractivity contribution in [2.45, 2.75) is 6.92 Å². The molecule has 1 aromatic heterocycles. The van der Waals surface area contributed by atoms with Gasteiger partial charge in [0.1, 0.15) is 0 Å². The summed E-state index contributed by atoms with van der Waals surface area (Å²) in [5.74, 6) is 0.118. The third-order valence-corrected chi connectivity index (χ3v) is 3.93. The van der Waals surface area contributed by atoms with Crippen LogP contribution in [0, 0.1) is 6.92 Å². The number of hydrogen-bond donors (Lipinski definition) is 1. The Labute approximate surface area is 113 Å². The molecule has 0 radical (unpaired) electrons. The van der Waals surface area contributed by atoms with Crippen molar-refractivity contribution in [3.05, 3.63) is 50.6 Å². The maximum Gasteiger partial charge on any atom is 0.191 e. The van der Waals surface area contributed by atoms with Gasteiger partial charge in [0.05, 0.1) is 11.4 Å². The minimum atomic E-state index is 0.118. The smallest absolute Gasteiger partial charge is 0.191 e. The molecule has 0 unspecified atom stereocenters. The number of halogens is 1. The summed E-state index contributed by atoms with van der Waals surface area (Å²) in [6.07, 6.45) is 0. The molecule has 0 amide bonds. The second-order valence-corrected chi connectivity index (χ2v) is 5.54. The molecule has 0 fully saturated rings. The first kappa shape index (κ1) is 12.3. The number of anilines is 1. The van der Waals surface area contributed by atoms with Crippen LogP contribution < -0.4 is 5.32 Å². The Morgan fingerprint density at radius 2 is 2.24 bits per heavy atom. The molecular weight excluding hydrogens is 298 g/mol. The Balaban J connectivity index is 2.01. The van der Waals surface area contributed by atoms with Gasteiger partial charge < -0.3 is 5.32 Å². The molecule has 0 atom stereocenters. The molecule has 4 heteroatoms. The monoisotopic (exact) mass is 309 g/mol. The lowest BCUT2D eigenvalue weighted by Gasteiger charge is -2.07. The van der Waals surface area contributed by atoms with Crippen LogP contribution in [-0.4, -0.2) is 12.3 Å². The summed E-state index contributed by atoms with van der Waals surface area (Å²) in [6.45, 7) is 2.35. The third kappa shape index (κ3) is 3.17. The molecule has 0 saturated heterocycles. The van der Waals surface area contributed by atoms with E-state index in [1.807, 2.05) is 42.6 Å². The molecule has 17 heavy (non-hydrogen) atoms. The van der Waals surface area contributed by atoms with E-state index in [0.717, 1.165) is 15.0 Å². The number of hydrogen-bond acceptors (Lipinski definition) is 3. The first-order valence-electron chi connectivity index (χ1n) is 5.23. The number of Topliss-reactive ketones (excluding diaryl/α,β-unsaturated/α-hetero) is 1. The van der Waals surface area contributed by atoms with Gasteiger partial charge >= 0.3 is 0 Å². The maximum atomic E-state index is 11.8. The summed E-state index contributed by atoms with van der Waals surface area (Å²) < 4.78 is 0.983. The van der Waals surface area contributed by atoms with E-state index in [1.165, 1.54) is 16.9 Å². The van der Waals surface area contributed by atoms with Crippen molar-refractivity contribution >= 4 is 38.7 Å². The lowest BCUT2D eigenvalue weighted by Crippen LogP contribution is -2.13. The summed E-state index contributed by atoms with van der Waals surface area (Å²) in [4.78, 5) is 12.6. The van der Waals surface area contributed by atoms with Gasteiger partial charge in [0, 0.05) is 10.2 Å². The van der Waals surface area contributed by atoms with Gasteiger partial charge in [-0.05, 0) is 52.0 Å². The number of nitrogens with one attached hydrogen (secondary N) is 1. The average molecular weight is 310 g/mol. The molecule has 1 N–H and O–H groups in total. The zero-order chi connectivity index (χ0) is 12.3. The van der Waals surface area contributed by atoms with Crippen LogP contribution >= 0.6 is 27.3 Å². The number of aryl methyl sites for hydroxylation is 1. The number of benzene rings is 1. The average Bonchev–Trinajstić information content (AvgIpc) is 2.81. The number of carbonyl (C=O) groups excluding carboxylic acids is 1. The number of carbonyl (C=O) groups is 1. The molecule has 0 aliphatic carbocycles. The topological polar surface area (TPSA) is 29.1 Å². The van der Waals surface area contributed by atoms with E-state index in [0.29, 0.717) is 6.54 Å². The van der Waals surface area contributed by atoms with Crippen LogP contribution in [0.5, 0.6) is 0 Å². The highest BCUT2D eigenvalue weighted by Crippen LogP contribution is 2.23. The molecule has 2 nitrogen and oxygen atoms in total. The lowest BCUT2D eigenvalue weighted by molar-refractivity contribution is 0.101. The molecule has 1 aromatic carbocycles. The summed E-state index contributed by atoms with van der Waals surface area (Å²) in [5, 5.41) is 5.05. The van der Waals surface area contributed by atoms with Crippen molar-refractivity contribution in [1.82, 2.24) is 0 Å². The Kier molecular flexibility index (Phi) is 3.97. The zero-order valence-electron chi connectivity index (χ0n) is 9.37. The Bertz CT molecular complexity index is 522. The summed E-state index contributed by atoms with van der Waals surface area (Å²) >= 11 is 4.95. The number of thiophene rings is 1. The van der Waals surface area contributed by atoms with Crippen LogP contribution in [0.15, 0.2) is 40.2 Å². The van der Waals surface area contributed by atoms with Crippen molar-refractivity contribution in [2.24, 2.45) is 0 Å².